The molecule has 0 N–H and O–H groups in total. The number of benzene rings is 1. The number of anilines is 1. The summed E-state index contributed by atoms with van der Waals surface area (Å²) in [6, 6.07) is 9.70. The topological polar surface area (TPSA) is 29.5 Å². The van der Waals surface area contributed by atoms with Gasteiger partial charge in [0.05, 0.1) is 23.5 Å². The molecule has 0 fully saturated rings. The summed E-state index contributed by atoms with van der Waals surface area (Å²) in [6.45, 7) is 5.66. The Balaban J connectivity index is 3.29. The van der Waals surface area contributed by atoms with Crippen LogP contribution in [0.3, 0.4) is 0 Å². The van der Waals surface area contributed by atoms with Crippen molar-refractivity contribution in [3.63, 3.8) is 0 Å². The van der Waals surface area contributed by atoms with Crippen molar-refractivity contribution in [2.75, 3.05) is 4.90 Å². The second kappa shape index (κ2) is 5.90. The Morgan fingerprint density at radius 3 is 1.86 bits per heavy atom. The number of carbonyl (C=O) groups is 1. The van der Waals surface area contributed by atoms with Crippen LogP contribution in [0.2, 0.25) is 5.11 Å². The third-order valence-electron chi connectivity index (χ3n) is 3.98. The molecular weight excluding hydrogens is 256 g/mol. The molecule has 0 saturated carbocycles. The predicted molar refractivity (Wildman–Crippen MR) is 103 cm³/mol. The number of nitrogens with zero attached hydrogens (tertiary/aromatic N) is 1. The van der Waals surface area contributed by atoms with Crippen molar-refractivity contribution in [2.45, 2.75) is 36.8 Å². The first-order valence-corrected chi connectivity index (χ1v) is 7.44. The minimum Gasteiger partial charge on any atom is -0.443 e. The molecule has 0 radical (unpaired) electrons. The Bertz CT molecular complexity index is 494. The maximum Gasteiger partial charge on any atom is 0.413 e. The van der Waals surface area contributed by atoms with E-state index in [1.165, 1.54) is 0 Å². The number of hydrogen-bond acceptors (Lipinski definition) is 2. The van der Waals surface area contributed by atoms with Gasteiger partial charge in [-0.3, -0.25) is 4.90 Å². The number of hydrogen-bond donors (Lipinski definition) is 0. The molecule has 1 aromatic carbocycles. The molecule has 108 valence electrons. The standard InChI is InChI=1S/C13H24B5NO2/c1-11(2,3)21-10(20)19(9-7-5-4-6-8-9)13(17,18)12(14,15)16/h4-8H,14-18H2,1-3H3. The van der Waals surface area contributed by atoms with E-state index < -0.39 is 10.9 Å². The lowest BCUT2D eigenvalue weighted by Crippen LogP contribution is -2.62. The van der Waals surface area contributed by atoms with Gasteiger partial charge in [0.15, 0.2) is 0 Å². The second-order valence-electron chi connectivity index (χ2n) is 7.96. The van der Waals surface area contributed by atoms with Crippen molar-refractivity contribution in [2.24, 2.45) is 0 Å². The van der Waals surface area contributed by atoms with E-state index in [1.54, 1.807) is 4.90 Å². The van der Waals surface area contributed by atoms with Gasteiger partial charge in [-0.25, -0.2) is 4.79 Å². The highest BCUT2D eigenvalue weighted by atomic mass is 16.6. The van der Waals surface area contributed by atoms with Crippen LogP contribution in [0.4, 0.5) is 10.5 Å². The predicted octanol–water partition coefficient (Wildman–Crippen LogP) is -1.68. The van der Waals surface area contributed by atoms with E-state index in [9.17, 15) is 4.79 Å². The SMILES string of the molecule is BC(B)(B)C(B)(B)N(C(=O)OC(C)(C)C)c1ccccc1. The normalized spacial score (nSPS) is 12.7. The van der Waals surface area contributed by atoms with Crippen LogP contribution < -0.4 is 4.90 Å². The Labute approximate surface area is 133 Å². The molecule has 21 heavy (non-hydrogen) atoms. The van der Waals surface area contributed by atoms with Gasteiger partial charge < -0.3 is 4.74 Å². The van der Waals surface area contributed by atoms with Crippen molar-refractivity contribution >= 4 is 51.0 Å². The molecule has 0 aliphatic carbocycles. The van der Waals surface area contributed by atoms with Crippen LogP contribution in [0.15, 0.2) is 30.3 Å². The number of amides is 1. The molecular formula is C13H24B5NO2. The quantitative estimate of drug-likeness (QED) is 0.619. The number of para-hydroxylation sites is 1. The molecule has 0 aliphatic rings. The molecule has 0 spiro atoms. The average molecular weight is 280 g/mol. The molecule has 8 heteroatoms. The molecule has 0 aliphatic heterocycles. The molecule has 0 unspecified atom stereocenters. The van der Waals surface area contributed by atoms with Crippen molar-refractivity contribution in [3.05, 3.63) is 30.3 Å². The summed E-state index contributed by atoms with van der Waals surface area (Å²) in [6.07, 6.45) is -0.311. The summed E-state index contributed by atoms with van der Waals surface area (Å²) >= 11 is 0. The average Bonchev–Trinajstić information content (AvgIpc) is 2.25. The molecule has 0 bridgehead atoms. The smallest absolute Gasteiger partial charge is 0.413 e. The van der Waals surface area contributed by atoms with E-state index in [0.717, 1.165) is 5.69 Å². The van der Waals surface area contributed by atoms with E-state index in [1.807, 2.05) is 51.1 Å². The molecule has 0 saturated heterocycles. The van der Waals surface area contributed by atoms with E-state index in [-0.39, 0.29) is 11.2 Å². The van der Waals surface area contributed by atoms with Gasteiger partial charge in [-0.15, -0.1) is 5.11 Å². The van der Waals surface area contributed by atoms with E-state index >= 15 is 0 Å². The van der Waals surface area contributed by atoms with E-state index in [2.05, 4.69) is 39.2 Å². The molecule has 0 aromatic heterocycles. The lowest BCUT2D eigenvalue weighted by Gasteiger charge is -2.48. The minimum absolute atomic E-state index is 0.0975. The Kier molecular flexibility index (Phi) is 5.02. The van der Waals surface area contributed by atoms with Crippen LogP contribution in [-0.4, -0.2) is 56.3 Å². The molecule has 1 aromatic rings. The Morgan fingerprint density at radius 2 is 1.48 bits per heavy atom. The first-order valence-electron chi connectivity index (χ1n) is 7.44. The maximum absolute atomic E-state index is 12.8. The molecule has 1 amide bonds. The number of rotatable bonds is 3. The number of ether oxygens (including phenoxy) is 1. The zero-order valence-electron chi connectivity index (χ0n) is 14.7. The van der Waals surface area contributed by atoms with E-state index in [0.29, 0.717) is 0 Å². The third-order valence-corrected chi connectivity index (χ3v) is 3.98. The van der Waals surface area contributed by atoms with Gasteiger partial charge in [0.2, 0.25) is 0 Å². The van der Waals surface area contributed by atoms with Crippen LogP contribution in [0.25, 0.3) is 0 Å². The Morgan fingerprint density at radius 1 is 1.00 bits per heavy atom. The third kappa shape index (κ3) is 4.39. The first kappa shape index (κ1) is 17.9. The molecule has 1 rings (SSSR count). The van der Waals surface area contributed by atoms with Crippen LogP contribution in [0.5, 0.6) is 0 Å². The largest absolute Gasteiger partial charge is 0.443 e. The fourth-order valence-electron chi connectivity index (χ4n) is 1.88. The lowest BCUT2D eigenvalue weighted by molar-refractivity contribution is 0.0570. The molecule has 0 atom stereocenters. The minimum atomic E-state index is -0.516. The highest BCUT2D eigenvalue weighted by Crippen LogP contribution is 2.34. The molecule has 3 nitrogen and oxygen atoms in total. The van der Waals surface area contributed by atoms with Crippen LogP contribution in [-0.2, 0) is 4.74 Å². The summed E-state index contributed by atoms with van der Waals surface area (Å²) in [4.78, 5) is 14.5. The van der Waals surface area contributed by atoms with Crippen molar-refractivity contribution < 1.29 is 9.53 Å². The zero-order chi connectivity index (χ0) is 16.5. The summed E-state index contributed by atoms with van der Waals surface area (Å²) in [5.41, 5.74) is 0.338. The summed E-state index contributed by atoms with van der Waals surface area (Å²) in [7, 11) is 10.5. The fourth-order valence-corrected chi connectivity index (χ4v) is 1.88. The van der Waals surface area contributed by atoms with Gasteiger partial charge in [0.25, 0.3) is 0 Å². The monoisotopic (exact) mass is 281 g/mol. The fraction of sp³-hybridized carbons (Fsp3) is 0.462. The summed E-state index contributed by atoms with van der Waals surface area (Å²) < 4.78 is 5.62. The van der Waals surface area contributed by atoms with Crippen LogP contribution in [0.1, 0.15) is 20.8 Å². The van der Waals surface area contributed by atoms with Gasteiger partial charge in [-0.05, 0) is 38.2 Å². The van der Waals surface area contributed by atoms with Crippen LogP contribution >= 0.6 is 0 Å². The van der Waals surface area contributed by atoms with Crippen molar-refractivity contribution in [1.82, 2.24) is 0 Å². The number of carbonyl (C=O) groups excluding carboxylic acids is 1. The summed E-state index contributed by atoms with van der Waals surface area (Å²) in [5.74, 6) is 0. The zero-order valence-corrected chi connectivity index (χ0v) is 14.7. The molecule has 0 heterocycles. The highest BCUT2D eigenvalue weighted by Gasteiger charge is 2.42. The summed E-state index contributed by atoms with van der Waals surface area (Å²) in [5, 5.41) is -0.490. The van der Waals surface area contributed by atoms with Gasteiger partial charge in [0, 0.05) is 5.69 Å². The lowest BCUT2D eigenvalue weighted by atomic mass is 9.26. The van der Waals surface area contributed by atoms with Gasteiger partial charge >= 0.3 is 6.09 Å². The van der Waals surface area contributed by atoms with Gasteiger partial charge in [0.1, 0.15) is 21.3 Å². The Hall–Kier alpha value is -1.19. The van der Waals surface area contributed by atoms with Crippen LogP contribution in [0, 0.1) is 0 Å². The maximum atomic E-state index is 12.8. The van der Waals surface area contributed by atoms with Gasteiger partial charge in [-0.1, -0.05) is 18.2 Å². The first-order chi connectivity index (χ1) is 9.36. The van der Waals surface area contributed by atoms with Gasteiger partial charge in [-0.2, -0.15) is 0 Å². The van der Waals surface area contributed by atoms with E-state index in [4.69, 9.17) is 4.74 Å². The second-order valence-corrected chi connectivity index (χ2v) is 7.96. The van der Waals surface area contributed by atoms with Crippen molar-refractivity contribution in [1.29, 1.82) is 0 Å². The highest BCUT2D eigenvalue weighted by molar-refractivity contribution is 6.68. The van der Waals surface area contributed by atoms with Crippen molar-refractivity contribution in [3.8, 4) is 0 Å².